The molecule has 4 fully saturated rings. The highest BCUT2D eigenvalue weighted by molar-refractivity contribution is 5.95. The fraction of sp³-hybridized carbons (Fsp3) is 0.561. The van der Waals surface area contributed by atoms with Crippen molar-refractivity contribution in [2.24, 2.45) is 5.41 Å². The van der Waals surface area contributed by atoms with Gasteiger partial charge in [0.15, 0.2) is 0 Å². The number of urea groups is 1. The first-order valence-corrected chi connectivity index (χ1v) is 19.9. The number of hydrogen-bond donors (Lipinski definition) is 5. The van der Waals surface area contributed by atoms with Gasteiger partial charge in [-0.3, -0.25) is 24.1 Å². The van der Waals surface area contributed by atoms with E-state index < -0.39 is 102 Å². The second-order valence-corrected chi connectivity index (χ2v) is 16.7. The number of fused-ring (bicyclic) bond motifs is 3. The number of rotatable bonds is 6. The Labute approximate surface area is 336 Å². The first-order valence-electron chi connectivity index (χ1n) is 19.9. The molecule has 15 nitrogen and oxygen atoms in total. The molecule has 0 radical (unpaired) electrons. The molecule has 2 aromatic rings. The van der Waals surface area contributed by atoms with E-state index in [1.165, 1.54) is 21.6 Å². The minimum absolute atomic E-state index is 0.0476. The number of nitrogens with one attached hydrogen (secondary N) is 4. The quantitative estimate of drug-likeness (QED) is 0.273. The van der Waals surface area contributed by atoms with Gasteiger partial charge in [0.2, 0.25) is 23.6 Å². The van der Waals surface area contributed by atoms with Crippen molar-refractivity contribution in [3.63, 3.8) is 0 Å². The number of anilines is 1. The molecule has 0 saturated carbocycles. The summed E-state index contributed by atoms with van der Waals surface area (Å²) in [7, 11) is 0. The number of aliphatic hydroxyl groups is 1. The molecule has 4 heterocycles. The summed E-state index contributed by atoms with van der Waals surface area (Å²) < 4.78 is 34.4. The first-order chi connectivity index (χ1) is 27.5. The summed E-state index contributed by atoms with van der Waals surface area (Å²) in [5.41, 5.74) is 0.905. The van der Waals surface area contributed by atoms with Crippen molar-refractivity contribution in [3.05, 3.63) is 65.2 Å². The van der Waals surface area contributed by atoms with Crippen LogP contribution in [-0.2, 0) is 35.1 Å². The van der Waals surface area contributed by atoms with E-state index in [2.05, 4.69) is 21.3 Å². The van der Waals surface area contributed by atoms with Crippen LogP contribution < -0.4 is 21.3 Å². The fourth-order valence-electron chi connectivity index (χ4n) is 8.48. The topological polar surface area (TPSA) is 190 Å². The van der Waals surface area contributed by atoms with Crippen molar-refractivity contribution in [2.75, 3.05) is 31.6 Å². The van der Waals surface area contributed by atoms with Crippen LogP contribution in [0.5, 0.6) is 0 Å². The number of halogens is 2. The number of ether oxygens (including phenoxy) is 1. The van der Waals surface area contributed by atoms with Gasteiger partial charge in [0.05, 0.1) is 6.04 Å². The third kappa shape index (κ3) is 9.92. The molecule has 17 heteroatoms. The minimum atomic E-state index is -1.62. The molecule has 4 aliphatic heterocycles. The third-order valence-electron chi connectivity index (χ3n) is 11.4. The zero-order valence-corrected chi connectivity index (χ0v) is 33.3. The van der Waals surface area contributed by atoms with Crippen LogP contribution in [0.3, 0.4) is 0 Å². The van der Waals surface area contributed by atoms with Crippen LogP contribution >= 0.6 is 0 Å². The van der Waals surface area contributed by atoms with E-state index in [0.717, 1.165) is 17.7 Å². The molecule has 6 amide bonds. The molecule has 0 spiro atoms. The van der Waals surface area contributed by atoms with Gasteiger partial charge in [-0.25, -0.2) is 18.4 Å². The van der Waals surface area contributed by atoms with Gasteiger partial charge in [0.25, 0.3) is 0 Å². The molecule has 58 heavy (non-hydrogen) atoms. The molecule has 7 atom stereocenters. The van der Waals surface area contributed by atoms with Crippen LogP contribution in [0.25, 0.3) is 0 Å². The summed E-state index contributed by atoms with van der Waals surface area (Å²) in [6, 6.07) is 2.08. The van der Waals surface area contributed by atoms with E-state index >= 15 is 0 Å². The van der Waals surface area contributed by atoms with Gasteiger partial charge in [-0.1, -0.05) is 31.5 Å². The molecular weight excluding hydrogens is 756 g/mol. The molecule has 0 aromatic heterocycles. The number of esters is 1. The smallest absolute Gasteiger partial charge is 0.328 e. The first kappa shape index (κ1) is 42.4. The van der Waals surface area contributed by atoms with Gasteiger partial charge in [-0.05, 0) is 87.6 Å². The Morgan fingerprint density at radius 3 is 2.33 bits per heavy atom. The average molecular weight is 810 g/mol. The highest BCUT2D eigenvalue weighted by Gasteiger charge is 2.48. The van der Waals surface area contributed by atoms with Crippen molar-refractivity contribution >= 4 is 41.3 Å². The number of aryl methyl sites for hydroxylation is 1. The van der Waals surface area contributed by atoms with Crippen molar-refractivity contribution in [1.29, 1.82) is 0 Å². The van der Waals surface area contributed by atoms with Crippen molar-refractivity contribution in [1.82, 2.24) is 30.7 Å². The lowest BCUT2D eigenvalue weighted by molar-refractivity contribution is -0.159. The lowest BCUT2D eigenvalue weighted by Crippen LogP contribution is -2.63. The number of carbonyl (C=O) groups is 6. The Hall–Kier alpha value is -5.16. The van der Waals surface area contributed by atoms with Crippen LogP contribution in [0.4, 0.5) is 19.3 Å². The number of aliphatic hydroxyl groups excluding tert-OH is 1. The summed E-state index contributed by atoms with van der Waals surface area (Å²) in [6.07, 6.45) is 0.776. The largest absolute Gasteiger partial charge is 0.462 e. The summed E-state index contributed by atoms with van der Waals surface area (Å²) in [5, 5.41) is 22.7. The number of carbonyl (C=O) groups excluding carboxylic acids is 6. The maximum atomic E-state index is 14.3. The van der Waals surface area contributed by atoms with E-state index in [1.807, 2.05) is 20.8 Å². The molecule has 6 rings (SSSR count). The number of piperidine rings is 1. The zero-order chi connectivity index (χ0) is 41.9. The highest BCUT2D eigenvalue weighted by Crippen LogP contribution is 2.35. The Balaban J connectivity index is 1.32. The van der Waals surface area contributed by atoms with Crippen LogP contribution in [0.1, 0.15) is 70.4 Å². The van der Waals surface area contributed by atoms with E-state index in [1.54, 1.807) is 24.3 Å². The SMILES string of the molecule is Cc1ccc(NC(=O)NC(Cc2cc(F)cc(F)c2)C(=O)NC2COC(=O)C3CC(C)(C)CN3C(=O)C(C)NC(=O)C3CCCCN3C(=O)C3CCCN3C2O)cc1. The highest BCUT2D eigenvalue weighted by atomic mass is 19.1. The summed E-state index contributed by atoms with van der Waals surface area (Å²) in [4.78, 5) is 87.6. The van der Waals surface area contributed by atoms with Crippen LogP contribution in [0, 0.1) is 24.0 Å². The maximum absolute atomic E-state index is 14.3. The number of amides is 6. The second kappa shape index (κ2) is 17.8. The number of hydrogen-bond acceptors (Lipinski definition) is 9. The van der Waals surface area contributed by atoms with E-state index in [0.29, 0.717) is 50.4 Å². The summed E-state index contributed by atoms with van der Waals surface area (Å²) in [5.74, 6) is -4.86. The minimum Gasteiger partial charge on any atom is -0.462 e. The van der Waals surface area contributed by atoms with Crippen molar-refractivity contribution in [3.8, 4) is 0 Å². The summed E-state index contributed by atoms with van der Waals surface area (Å²) >= 11 is 0. The number of cyclic esters (lactones) is 1. The summed E-state index contributed by atoms with van der Waals surface area (Å²) in [6.45, 7) is 7.30. The Kier molecular flexibility index (Phi) is 13.0. The van der Waals surface area contributed by atoms with Crippen LogP contribution in [0.2, 0.25) is 0 Å². The standard InChI is InChI=1S/C41H53F2N7O8/c1-23-10-12-28(13-11-23)45-40(57)47-29(18-25-16-26(42)19-27(43)17-25)34(51)46-30-21-58-39(56)33-20-41(3,4)22-50(33)36(53)24(2)44-35(52)31-8-5-6-14-48(31)38(55)32-9-7-15-49(32)37(30)54/h10-13,16-17,19,24,29-33,37,54H,5-9,14-15,18,20-22H2,1-4H3,(H,44,52)(H,46,51)(H2,45,47,57). The predicted molar refractivity (Wildman–Crippen MR) is 207 cm³/mol. The van der Waals surface area contributed by atoms with Gasteiger partial charge >= 0.3 is 12.0 Å². The molecule has 314 valence electrons. The lowest BCUT2D eigenvalue weighted by Gasteiger charge is -2.40. The van der Waals surface area contributed by atoms with Gasteiger partial charge in [-0.2, -0.15) is 0 Å². The third-order valence-corrected chi connectivity index (χ3v) is 11.4. The molecule has 0 bridgehead atoms. The predicted octanol–water partition coefficient (Wildman–Crippen LogP) is 2.34. The van der Waals surface area contributed by atoms with E-state index in [9.17, 15) is 42.7 Å². The van der Waals surface area contributed by atoms with Crippen molar-refractivity contribution < 1.29 is 47.4 Å². The molecule has 2 aromatic carbocycles. The van der Waals surface area contributed by atoms with Gasteiger partial charge < -0.3 is 40.9 Å². The Morgan fingerprint density at radius 2 is 1.62 bits per heavy atom. The van der Waals surface area contributed by atoms with Gasteiger partial charge in [0, 0.05) is 37.8 Å². The van der Waals surface area contributed by atoms with E-state index in [4.69, 9.17) is 4.74 Å². The normalized spacial score (nSPS) is 27.4. The Bertz CT molecular complexity index is 1880. The molecular formula is C41H53F2N7O8. The average Bonchev–Trinajstić information content (AvgIpc) is 3.79. The van der Waals surface area contributed by atoms with Crippen LogP contribution in [-0.4, -0.2) is 124 Å². The number of nitrogens with zero attached hydrogens (tertiary/aromatic N) is 3. The Morgan fingerprint density at radius 1 is 0.931 bits per heavy atom. The molecule has 4 saturated heterocycles. The molecule has 7 unspecified atom stereocenters. The monoisotopic (exact) mass is 809 g/mol. The van der Waals surface area contributed by atoms with E-state index in [-0.39, 0.29) is 31.5 Å². The van der Waals surface area contributed by atoms with Gasteiger partial charge in [-0.15, -0.1) is 0 Å². The fourth-order valence-corrected chi connectivity index (χ4v) is 8.48. The number of benzene rings is 2. The second-order valence-electron chi connectivity index (χ2n) is 16.7. The molecule has 0 aliphatic carbocycles. The maximum Gasteiger partial charge on any atom is 0.328 e. The lowest BCUT2D eigenvalue weighted by atomic mass is 9.91. The molecule has 4 aliphatic rings. The van der Waals surface area contributed by atoms with Gasteiger partial charge in [0.1, 0.15) is 54.7 Å². The zero-order valence-electron chi connectivity index (χ0n) is 33.3. The molecule has 5 N–H and O–H groups in total. The van der Waals surface area contributed by atoms with Crippen molar-refractivity contribution in [2.45, 2.75) is 115 Å². The van der Waals surface area contributed by atoms with Crippen LogP contribution in [0.15, 0.2) is 42.5 Å².